The van der Waals surface area contributed by atoms with E-state index in [1.807, 2.05) is 30.3 Å². The minimum absolute atomic E-state index is 0.0100. The van der Waals surface area contributed by atoms with E-state index in [-0.39, 0.29) is 11.9 Å². The second kappa shape index (κ2) is 7.70. The van der Waals surface area contributed by atoms with Gasteiger partial charge in [-0.25, -0.2) is 4.79 Å². The maximum atomic E-state index is 12.4. The number of carbonyl (C=O) groups excluding carboxylic acids is 2. The van der Waals surface area contributed by atoms with Gasteiger partial charge in [-0.1, -0.05) is 18.2 Å². The molecule has 1 heterocycles. The number of urea groups is 1. The number of hydrogen-bond acceptors (Lipinski definition) is 3. The highest BCUT2D eigenvalue weighted by Crippen LogP contribution is 2.16. The van der Waals surface area contributed by atoms with Gasteiger partial charge in [0.2, 0.25) is 0 Å². The first kappa shape index (κ1) is 16.8. The summed E-state index contributed by atoms with van der Waals surface area (Å²) in [6, 6.07) is 16.2. The predicted molar refractivity (Wildman–Crippen MR) is 95.9 cm³/mol. The van der Waals surface area contributed by atoms with Crippen LogP contribution in [0.25, 0.3) is 0 Å². The lowest BCUT2D eigenvalue weighted by molar-refractivity contribution is 0.0671. The molecule has 0 radical (unpaired) electrons. The zero-order valence-electron chi connectivity index (χ0n) is 14.1. The Labute approximate surface area is 147 Å². The van der Waals surface area contributed by atoms with Crippen LogP contribution in [0.4, 0.5) is 10.5 Å². The largest absolute Gasteiger partial charge is 0.497 e. The van der Waals surface area contributed by atoms with Gasteiger partial charge >= 0.3 is 6.03 Å². The number of amides is 3. The summed E-state index contributed by atoms with van der Waals surface area (Å²) in [6.45, 7) is 2.09. The maximum Gasteiger partial charge on any atom is 0.321 e. The van der Waals surface area contributed by atoms with Crippen molar-refractivity contribution in [3.05, 3.63) is 60.2 Å². The summed E-state index contributed by atoms with van der Waals surface area (Å²) < 4.78 is 5.10. The molecule has 25 heavy (non-hydrogen) atoms. The monoisotopic (exact) mass is 339 g/mol. The van der Waals surface area contributed by atoms with Crippen LogP contribution in [0.1, 0.15) is 10.4 Å². The van der Waals surface area contributed by atoms with E-state index in [2.05, 4.69) is 5.32 Å². The highest BCUT2D eigenvalue weighted by Gasteiger charge is 2.24. The van der Waals surface area contributed by atoms with E-state index in [4.69, 9.17) is 4.74 Å². The molecule has 0 bridgehead atoms. The van der Waals surface area contributed by atoms with Crippen molar-refractivity contribution in [3.63, 3.8) is 0 Å². The fourth-order valence-corrected chi connectivity index (χ4v) is 2.75. The van der Waals surface area contributed by atoms with Crippen molar-refractivity contribution in [2.24, 2.45) is 0 Å². The fourth-order valence-electron chi connectivity index (χ4n) is 2.75. The molecule has 0 atom stereocenters. The minimum Gasteiger partial charge on any atom is -0.497 e. The molecule has 2 aromatic carbocycles. The number of nitrogens with one attached hydrogen (secondary N) is 1. The van der Waals surface area contributed by atoms with Gasteiger partial charge in [0.15, 0.2) is 0 Å². The first-order valence-corrected chi connectivity index (χ1v) is 8.21. The van der Waals surface area contributed by atoms with Gasteiger partial charge in [0.05, 0.1) is 7.11 Å². The molecule has 1 fully saturated rings. The van der Waals surface area contributed by atoms with Gasteiger partial charge in [0.25, 0.3) is 5.91 Å². The molecule has 1 aliphatic rings. The van der Waals surface area contributed by atoms with Crippen LogP contribution in [0.3, 0.4) is 0 Å². The topological polar surface area (TPSA) is 61.9 Å². The molecule has 0 aromatic heterocycles. The molecule has 6 nitrogen and oxygen atoms in total. The predicted octanol–water partition coefficient (Wildman–Crippen LogP) is 2.69. The van der Waals surface area contributed by atoms with Gasteiger partial charge in [-0.05, 0) is 36.4 Å². The standard InChI is InChI=1S/C19H21N3O3/c1-25-17-9-7-16(8-10-17)20-19(24)22-13-11-21(12-14-22)18(23)15-5-3-2-4-6-15/h2-10H,11-14H2,1H3,(H,20,24). The summed E-state index contributed by atoms with van der Waals surface area (Å²) in [5.41, 5.74) is 1.40. The second-order valence-corrected chi connectivity index (χ2v) is 5.80. The highest BCUT2D eigenvalue weighted by atomic mass is 16.5. The number of rotatable bonds is 3. The van der Waals surface area contributed by atoms with Gasteiger partial charge in [0.1, 0.15) is 5.75 Å². The fraction of sp³-hybridized carbons (Fsp3) is 0.263. The lowest BCUT2D eigenvalue weighted by Gasteiger charge is -2.34. The number of piperazine rings is 1. The summed E-state index contributed by atoms with van der Waals surface area (Å²) in [7, 11) is 1.60. The molecule has 130 valence electrons. The molecule has 1 aliphatic heterocycles. The van der Waals surface area contributed by atoms with E-state index in [0.717, 1.165) is 5.75 Å². The number of benzene rings is 2. The number of anilines is 1. The summed E-state index contributed by atoms with van der Waals surface area (Å²) in [5.74, 6) is 0.752. The van der Waals surface area contributed by atoms with Crippen LogP contribution in [0, 0.1) is 0 Å². The third-order valence-electron chi connectivity index (χ3n) is 4.22. The Morgan fingerprint density at radius 1 is 0.880 bits per heavy atom. The van der Waals surface area contributed by atoms with Crippen LogP contribution in [0.5, 0.6) is 5.75 Å². The van der Waals surface area contributed by atoms with Crippen LogP contribution in [0.15, 0.2) is 54.6 Å². The van der Waals surface area contributed by atoms with Crippen molar-refractivity contribution in [2.75, 3.05) is 38.6 Å². The average Bonchev–Trinajstić information content (AvgIpc) is 2.69. The Balaban J connectivity index is 1.53. The van der Waals surface area contributed by atoms with E-state index in [0.29, 0.717) is 37.4 Å². The quantitative estimate of drug-likeness (QED) is 0.935. The van der Waals surface area contributed by atoms with Crippen LogP contribution in [-0.2, 0) is 0 Å². The van der Waals surface area contributed by atoms with E-state index in [9.17, 15) is 9.59 Å². The van der Waals surface area contributed by atoms with Gasteiger partial charge in [0, 0.05) is 37.4 Å². The zero-order valence-corrected chi connectivity index (χ0v) is 14.1. The maximum absolute atomic E-state index is 12.4. The van der Waals surface area contributed by atoms with Gasteiger partial charge in [-0.3, -0.25) is 4.79 Å². The van der Waals surface area contributed by atoms with Crippen LogP contribution in [-0.4, -0.2) is 55.0 Å². The summed E-state index contributed by atoms with van der Waals surface area (Å²) in [5, 5.41) is 2.87. The van der Waals surface area contributed by atoms with Gasteiger partial charge in [-0.2, -0.15) is 0 Å². The number of methoxy groups -OCH3 is 1. The van der Waals surface area contributed by atoms with E-state index >= 15 is 0 Å². The summed E-state index contributed by atoms with van der Waals surface area (Å²) in [6.07, 6.45) is 0. The van der Waals surface area contributed by atoms with Crippen LogP contribution < -0.4 is 10.1 Å². The SMILES string of the molecule is COc1ccc(NC(=O)N2CCN(C(=O)c3ccccc3)CC2)cc1. The molecule has 3 amide bonds. The molecular formula is C19H21N3O3. The van der Waals surface area contributed by atoms with E-state index < -0.39 is 0 Å². The zero-order chi connectivity index (χ0) is 17.6. The number of nitrogens with zero attached hydrogens (tertiary/aromatic N) is 2. The summed E-state index contributed by atoms with van der Waals surface area (Å²) >= 11 is 0. The molecule has 1 saturated heterocycles. The lowest BCUT2D eigenvalue weighted by Crippen LogP contribution is -2.51. The molecule has 2 aromatic rings. The first-order valence-electron chi connectivity index (χ1n) is 8.21. The van der Waals surface area contributed by atoms with Crippen molar-refractivity contribution in [1.82, 2.24) is 9.80 Å². The number of ether oxygens (including phenoxy) is 1. The number of carbonyl (C=O) groups is 2. The van der Waals surface area contributed by atoms with Crippen molar-refractivity contribution in [3.8, 4) is 5.75 Å². The van der Waals surface area contributed by atoms with Crippen molar-refractivity contribution >= 4 is 17.6 Å². The molecule has 3 rings (SSSR count). The molecule has 6 heteroatoms. The van der Waals surface area contributed by atoms with Crippen molar-refractivity contribution in [2.45, 2.75) is 0 Å². The molecule has 0 aliphatic carbocycles. The molecule has 0 unspecified atom stereocenters. The highest BCUT2D eigenvalue weighted by molar-refractivity contribution is 5.94. The van der Waals surface area contributed by atoms with Crippen LogP contribution >= 0.6 is 0 Å². The Hall–Kier alpha value is -3.02. The number of hydrogen-bond donors (Lipinski definition) is 1. The molecule has 0 saturated carbocycles. The Kier molecular flexibility index (Phi) is 5.18. The van der Waals surface area contributed by atoms with E-state index in [1.165, 1.54) is 0 Å². The summed E-state index contributed by atoms with van der Waals surface area (Å²) in [4.78, 5) is 28.3. The Morgan fingerprint density at radius 2 is 1.48 bits per heavy atom. The van der Waals surface area contributed by atoms with Gasteiger partial charge < -0.3 is 19.9 Å². The minimum atomic E-state index is -0.156. The van der Waals surface area contributed by atoms with Gasteiger partial charge in [-0.15, -0.1) is 0 Å². The lowest BCUT2D eigenvalue weighted by atomic mass is 10.2. The second-order valence-electron chi connectivity index (χ2n) is 5.80. The first-order chi connectivity index (χ1) is 12.2. The molecule has 0 spiro atoms. The smallest absolute Gasteiger partial charge is 0.321 e. The molecule has 1 N–H and O–H groups in total. The van der Waals surface area contributed by atoms with Crippen LogP contribution in [0.2, 0.25) is 0 Å². The average molecular weight is 339 g/mol. The van der Waals surface area contributed by atoms with E-state index in [1.54, 1.807) is 41.2 Å². The van der Waals surface area contributed by atoms with Crippen molar-refractivity contribution in [1.29, 1.82) is 0 Å². The Bertz CT molecular complexity index is 723. The Morgan fingerprint density at radius 3 is 2.08 bits per heavy atom. The normalized spacial score (nSPS) is 14.1. The third-order valence-corrected chi connectivity index (χ3v) is 4.22. The third kappa shape index (κ3) is 4.09. The molecular weight excluding hydrogens is 318 g/mol. The van der Waals surface area contributed by atoms with Crippen molar-refractivity contribution < 1.29 is 14.3 Å².